The van der Waals surface area contributed by atoms with Gasteiger partial charge in [-0.05, 0) is 42.6 Å². The van der Waals surface area contributed by atoms with Crippen LogP contribution in [0.5, 0.6) is 5.75 Å². The Morgan fingerprint density at radius 1 is 1.12 bits per heavy atom. The van der Waals surface area contributed by atoms with Crippen LogP contribution in [0.4, 0.5) is 5.69 Å². The van der Waals surface area contributed by atoms with E-state index in [1.54, 1.807) is 16.3 Å². The Balaban J connectivity index is 1.41. The van der Waals surface area contributed by atoms with Crippen LogP contribution in [0, 0.1) is 0 Å². The molecule has 5 rings (SSSR count). The Kier molecular flexibility index (Phi) is 6.60. The molecule has 0 fully saturated rings. The molecule has 0 spiro atoms. The zero-order valence-corrected chi connectivity index (χ0v) is 20.2. The molecule has 34 heavy (non-hydrogen) atoms. The van der Waals surface area contributed by atoms with Gasteiger partial charge in [0, 0.05) is 23.2 Å². The lowest BCUT2D eigenvalue weighted by atomic mass is 10.1. The van der Waals surface area contributed by atoms with Crippen molar-refractivity contribution < 1.29 is 9.53 Å². The fourth-order valence-electron chi connectivity index (χ4n) is 3.93. The minimum Gasteiger partial charge on any atom is -0.494 e. The molecule has 1 aliphatic heterocycles. The van der Waals surface area contributed by atoms with Crippen molar-refractivity contribution in [3.05, 3.63) is 82.8 Å². The molecule has 1 N–H and O–H groups in total. The fourth-order valence-corrected chi connectivity index (χ4v) is 5.78. The topological polar surface area (TPSA) is 73.2 Å². The van der Waals surface area contributed by atoms with Gasteiger partial charge in [0.05, 0.1) is 28.6 Å². The third-order valence-corrected chi connectivity index (χ3v) is 7.51. The SMILES string of the molecule is CCOc1ccc(-n2c(SCC(=O)Nc3cccc4ccccc34)nc3c(c2=O)SCC3)cc1. The van der Waals surface area contributed by atoms with Gasteiger partial charge in [0.25, 0.3) is 5.56 Å². The summed E-state index contributed by atoms with van der Waals surface area (Å²) < 4.78 is 7.13. The molecule has 4 aromatic rings. The minimum atomic E-state index is -0.149. The van der Waals surface area contributed by atoms with E-state index >= 15 is 0 Å². The molecule has 3 aromatic carbocycles. The molecule has 0 saturated heterocycles. The van der Waals surface area contributed by atoms with Crippen LogP contribution in [0.3, 0.4) is 0 Å². The first-order chi connectivity index (χ1) is 16.6. The van der Waals surface area contributed by atoms with E-state index in [1.165, 1.54) is 11.8 Å². The number of amides is 1. The summed E-state index contributed by atoms with van der Waals surface area (Å²) in [6.07, 6.45) is 0.759. The number of hydrogen-bond acceptors (Lipinski definition) is 6. The average Bonchev–Trinajstić information content (AvgIpc) is 3.33. The molecule has 1 amide bonds. The lowest BCUT2D eigenvalue weighted by Gasteiger charge is -2.14. The number of benzene rings is 3. The van der Waals surface area contributed by atoms with Gasteiger partial charge in [-0.1, -0.05) is 48.2 Å². The highest BCUT2D eigenvalue weighted by Crippen LogP contribution is 2.30. The summed E-state index contributed by atoms with van der Waals surface area (Å²) in [4.78, 5) is 31.6. The highest BCUT2D eigenvalue weighted by atomic mass is 32.2. The molecule has 172 valence electrons. The Bertz CT molecular complexity index is 1410. The molecule has 0 aliphatic carbocycles. The number of aromatic nitrogens is 2. The predicted molar refractivity (Wildman–Crippen MR) is 139 cm³/mol. The van der Waals surface area contributed by atoms with Crippen LogP contribution in [-0.4, -0.2) is 33.6 Å². The van der Waals surface area contributed by atoms with Gasteiger partial charge in [-0.25, -0.2) is 4.98 Å². The molecule has 1 aromatic heterocycles. The van der Waals surface area contributed by atoms with E-state index in [-0.39, 0.29) is 17.2 Å². The number of carbonyl (C=O) groups is 1. The maximum absolute atomic E-state index is 13.3. The summed E-state index contributed by atoms with van der Waals surface area (Å²) in [6.45, 7) is 2.50. The number of nitrogens with zero attached hydrogens (tertiary/aromatic N) is 2. The number of anilines is 1. The van der Waals surface area contributed by atoms with Crippen molar-refractivity contribution in [1.29, 1.82) is 0 Å². The van der Waals surface area contributed by atoms with Gasteiger partial charge in [-0.3, -0.25) is 14.2 Å². The zero-order valence-electron chi connectivity index (χ0n) is 18.6. The number of rotatable bonds is 7. The lowest BCUT2D eigenvalue weighted by Crippen LogP contribution is -2.24. The maximum atomic E-state index is 13.3. The van der Waals surface area contributed by atoms with E-state index < -0.39 is 0 Å². The Labute approximate surface area is 205 Å². The van der Waals surface area contributed by atoms with Gasteiger partial charge < -0.3 is 10.1 Å². The summed E-state index contributed by atoms with van der Waals surface area (Å²) in [5.74, 6) is 1.57. The first kappa shape index (κ1) is 22.6. The van der Waals surface area contributed by atoms with Crippen LogP contribution < -0.4 is 15.6 Å². The number of ether oxygens (including phenoxy) is 1. The van der Waals surface area contributed by atoms with E-state index in [0.29, 0.717) is 22.3 Å². The largest absolute Gasteiger partial charge is 0.494 e. The zero-order chi connectivity index (χ0) is 23.5. The molecule has 0 unspecified atom stereocenters. The van der Waals surface area contributed by atoms with Crippen LogP contribution in [-0.2, 0) is 11.2 Å². The minimum absolute atomic E-state index is 0.0892. The van der Waals surface area contributed by atoms with E-state index in [0.717, 1.165) is 40.1 Å². The van der Waals surface area contributed by atoms with Crippen LogP contribution in [0.25, 0.3) is 16.5 Å². The van der Waals surface area contributed by atoms with Crippen molar-refractivity contribution in [2.45, 2.75) is 23.4 Å². The van der Waals surface area contributed by atoms with Crippen molar-refractivity contribution in [3.63, 3.8) is 0 Å². The van der Waals surface area contributed by atoms with Gasteiger partial charge in [0.1, 0.15) is 5.75 Å². The number of carbonyl (C=O) groups excluding carboxylic acids is 1. The van der Waals surface area contributed by atoms with Gasteiger partial charge >= 0.3 is 0 Å². The third-order valence-electron chi connectivity index (χ3n) is 5.47. The van der Waals surface area contributed by atoms with E-state index in [9.17, 15) is 9.59 Å². The Morgan fingerprint density at radius 3 is 2.74 bits per heavy atom. The number of nitrogens with one attached hydrogen (secondary N) is 1. The number of hydrogen-bond donors (Lipinski definition) is 1. The molecular weight excluding hydrogens is 466 g/mol. The molecule has 0 bridgehead atoms. The molecule has 0 atom stereocenters. The van der Waals surface area contributed by atoms with Gasteiger partial charge in [0.15, 0.2) is 5.16 Å². The highest BCUT2D eigenvalue weighted by Gasteiger charge is 2.23. The number of fused-ring (bicyclic) bond motifs is 2. The Morgan fingerprint density at radius 2 is 1.91 bits per heavy atom. The quantitative estimate of drug-likeness (QED) is 0.285. The molecular formula is C26H23N3O3S2. The highest BCUT2D eigenvalue weighted by molar-refractivity contribution is 8.00. The second-order valence-electron chi connectivity index (χ2n) is 7.70. The van der Waals surface area contributed by atoms with Crippen molar-refractivity contribution in [3.8, 4) is 11.4 Å². The molecule has 8 heteroatoms. The summed E-state index contributed by atoms with van der Waals surface area (Å²) in [7, 11) is 0. The summed E-state index contributed by atoms with van der Waals surface area (Å²) >= 11 is 2.81. The number of aryl methyl sites for hydroxylation is 1. The Hall–Kier alpha value is -3.23. The second kappa shape index (κ2) is 9.95. The smallest absolute Gasteiger partial charge is 0.272 e. The van der Waals surface area contributed by atoms with Crippen molar-refractivity contribution >= 4 is 45.9 Å². The van der Waals surface area contributed by atoms with Crippen LogP contribution in [0.15, 0.2) is 81.6 Å². The molecule has 2 heterocycles. The lowest BCUT2D eigenvalue weighted by molar-refractivity contribution is -0.113. The standard InChI is InChI=1S/C26H23N3O3S2/c1-2-32-19-12-10-18(11-13-19)29-25(31)24-22(14-15-33-24)28-26(29)34-16-23(30)27-21-9-5-7-17-6-3-4-8-20(17)21/h3-13H,2,14-16H2,1H3,(H,27,30). The number of thioether (sulfide) groups is 2. The van der Waals surface area contributed by atoms with Gasteiger partial charge in [0.2, 0.25) is 5.91 Å². The normalized spacial score (nSPS) is 12.5. The van der Waals surface area contributed by atoms with Crippen molar-refractivity contribution in [2.24, 2.45) is 0 Å². The monoisotopic (exact) mass is 489 g/mol. The van der Waals surface area contributed by atoms with Crippen LogP contribution in [0.1, 0.15) is 12.6 Å². The van der Waals surface area contributed by atoms with E-state index in [1.807, 2.05) is 73.7 Å². The van der Waals surface area contributed by atoms with Crippen molar-refractivity contribution in [2.75, 3.05) is 23.4 Å². The molecule has 0 radical (unpaired) electrons. The van der Waals surface area contributed by atoms with Crippen molar-refractivity contribution in [1.82, 2.24) is 9.55 Å². The third kappa shape index (κ3) is 4.56. The average molecular weight is 490 g/mol. The first-order valence-corrected chi connectivity index (χ1v) is 13.0. The fraction of sp³-hybridized carbons (Fsp3) is 0.192. The predicted octanol–water partition coefficient (Wildman–Crippen LogP) is 5.16. The summed E-state index contributed by atoms with van der Waals surface area (Å²) in [5, 5.41) is 5.58. The summed E-state index contributed by atoms with van der Waals surface area (Å²) in [5.41, 5.74) is 2.20. The molecule has 0 saturated carbocycles. The first-order valence-electron chi connectivity index (χ1n) is 11.1. The van der Waals surface area contributed by atoms with Gasteiger partial charge in [-0.15, -0.1) is 11.8 Å². The van der Waals surface area contributed by atoms with E-state index in [4.69, 9.17) is 9.72 Å². The van der Waals surface area contributed by atoms with Gasteiger partial charge in [-0.2, -0.15) is 0 Å². The maximum Gasteiger partial charge on any atom is 0.272 e. The van der Waals surface area contributed by atoms with Crippen LogP contribution in [0.2, 0.25) is 0 Å². The second-order valence-corrected chi connectivity index (χ2v) is 9.75. The van der Waals surface area contributed by atoms with Crippen LogP contribution >= 0.6 is 23.5 Å². The molecule has 6 nitrogen and oxygen atoms in total. The molecule has 1 aliphatic rings. The summed E-state index contributed by atoms with van der Waals surface area (Å²) in [6, 6.07) is 21.1. The van der Waals surface area contributed by atoms with E-state index in [2.05, 4.69) is 5.32 Å².